The Morgan fingerprint density at radius 3 is 2.42 bits per heavy atom. The van der Waals surface area contributed by atoms with Gasteiger partial charge in [0, 0.05) is 6.54 Å². The van der Waals surface area contributed by atoms with Crippen molar-refractivity contribution in [2.75, 3.05) is 7.11 Å². The third-order valence-electron chi connectivity index (χ3n) is 5.89. The van der Waals surface area contributed by atoms with Gasteiger partial charge in [0.15, 0.2) is 5.43 Å². The van der Waals surface area contributed by atoms with Crippen LogP contribution in [0.2, 0.25) is 10.0 Å². The Balaban J connectivity index is 1.70. The van der Waals surface area contributed by atoms with E-state index in [9.17, 15) is 9.59 Å². The highest BCUT2D eigenvalue weighted by atomic mass is 35.5. The number of benzene rings is 3. The maximum atomic E-state index is 13.6. The smallest absolute Gasteiger partial charge is 0.291 e. The van der Waals surface area contributed by atoms with Gasteiger partial charge in [0.2, 0.25) is 5.76 Å². The average molecular weight is 480 g/mol. The second-order valence-electron chi connectivity index (χ2n) is 8.03. The van der Waals surface area contributed by atoms with Crippen LogP contribution in [-0.4, -0.2) is 17.9 Å². The van der Waals surface area contributed by atoms with Crippen LogP contribution in [0.25, 0.3) is 11.0 Å². The Bertz CT molecular complexity index is 1460. The number of halogens is 2. The van der Waals surface area contributed by atoms with Crippen molar-refractivity contribution in [3.05, 3.63) is 109 Å². The van der Waals surface area contributed by atoms with Gasteiger partial charge in [-0.25, -0.2) is 0 Å². The monoisotopic (exact) mass is 479 g/mol. The first-order valence-electron chi connectivity index (χ1n) is 10.3. The molecule has 0 fully saturated rings. The molecule has 0 aliphatic carbocycles. The molecule has 0 saturated heterocycles. The zero-order valence-corrected chi connectivity index (χ0v) is 19.4. The van der Waals surface area contributed by atoms with Crippen LogP contribution in [0.4, 0.5) is 0 Å². The van der Waals surface area contributed by atoms with Crippen LogP contribution in [-0.2, 0) is 6.54 Å². The van der Waals surface area contributed by atoms with Crippen molar-refractivity contribution in [1.82, 2.24) is 4.90 Å². The van der Waals surface area contributed by atoms with Gasteiger partial charge in [0.1, 0.15) is 11.3 Å². The molecule has 5 nitrogen and oxygen atoms in total. The van der Waals surface area contributed by atoms with Gasteiger partial charge < -0.3 is 14.1 Å². The standard InChI is InChI=1S/C26H19Cl2NO4/c1-14-3-10-21-18(11-14)24(30)22-23(16-6-9-19(27)20(28)12-16)29(26(31)25(22)33-21)13-15-4-7-17(32-2)8-5-15/h3-12,23H,13H2,1-2H3. The summed E-state index contributed by atoms with van der Waals surface area (Å²) in [4.78, 5) is 28.8. The maximum absolute atomic E-state index is 13.6. The number of ether oxygens (including phenoxy) is 1. The van der Waals surface area contributed by atoms with Crippen molar-refractivity contribution in [3.8, 4) is 5.75 Å². The minimum atomic E-state index is -0.662. The van der Waals surface area contributed by atoms with Crippen molar-refractivity contribution < 1.29 is 13.9 Å². The molecule has 4 aromatic rings. The van der Waals surface area contributed by atoms with E-state index in [1.54, 1.807) is 42.3 Å². The van der Waals surface area contributed by atoms with Crippen LogP contribution >= 0.6 is 23.2 Å². The van der Waals surface area contributed by atoms with Gasteiger partial charge in [-0.2, -0.15) is 0 Å². The van der Waals surface area contributed by atoms with Crippen molar-refractivity contribution in [2.45, 2.75) is 19.5 Å². The summed E-state index contributed by atoms with van der Waals surface area (Å²) in [5.74, 6) is 0.423. The lowest BCUT2D eigenvalue weighted by Crippen LogP contribution is -2.29. The fourth-order valence-electron chi connectivity index (χ4n) is 4.25. The number of hydrogen-bond acceptors (Lipinski definition) is 4. The molecule has 1 atom stereocenters. The lowest BCUT2D eigenvalue weighted by molar-refractivity contribution is 0.0714. The molecule has 0 bridgehead atoms. The van der Waals surface area contributed by atoms with Gasteiger partial charge in [-0.05, 0) is 54.4 Å². The van der Waals surface area contributed by atoms with E-state index in [-0.39, 0.29) is 23.6 Å². The molecule has 5 rings (SSSR count). The highest BCUT2D eigenvalue weighted by Crippen LogP contribution is 2.40. The van der Waals surface area contributed by atoms with E-state index in [0.29, 0.717) is 37.9 Å². The van der Waals surface area contributed by atoms with Gasteiger partial charge in [-0.1, -0.05) is 53.0 Å². The number of amides is 1. The summed E-state index contributed by atoms with van der Waals surface area (Å²) < 4.78 is 11.2. The average Bonchev–Trinajstić information content (AvgIpc) is 3.08. The van der Waals surface area contributed by atoms with E-state index in [4.69, 9.17) is 32.4 Å². The molecule has 1 aromatic heterocycles. The molecule has 0 saturated carbocycles. The minimum Gasteiger partial charge on any atom is -0.497 e. The lowest BCUT2D eigenvalue weighted by atomic mass is 9.98. The van der Waals surface area contributed by atoms with E-state index < -0.39 is 6.04 Å². The fraction of sp³-hybridized carbons (Fsp3) is 0.154. The molecule has 1 aliphatic heterocycles. The summed E-state index contributed by atoms with van der Waals surface area (Å²) in [7, 11) is 1.60. The summed E-state index contributed by atoms with van der Waals surface area (Å²) >= 11 is 12.4. The molecule has 3 aromatic carbocycles. The Hall–Kier alpha value is -3.28. The fourth-order valence-corrected chi connectivity index (χ4v) is 4.56. The normalized spacial score (nSPS) is 15.2. The number of rotatable bonds is 4. The Labute approximate surface area is 200 Å². The number of nitrogens with zero attached hydrogens (tertiary/aromatic N) is 1. The predicted molar refractivity (Wildman–Crippen MR) is 128 cm³/mol. The first kappa shape index (κ1) is 21.6. The SMILES string of the molecule is COc1ccc(CN2C(=O)c3oc4ccc(C)cc4c(=O)c3C2c2ccc(Cl)c(Cl)c2)cc1. The van der Waals surface area contributed by atoms with Crippen LogP contribution in [0.3, 0.4) is 0 Å². The molecule has 7 heteroatoms. The topological polar surface area (TPSA) is 59.8 Å². The molecule has 2 heterocycles. The van der Waals surface area contributed by atoms with Crippen LogP contribution in [0, 0.1) is 6.92 Å². The van der Waals surface area contributed by atoms with Crippen molar-refractivity contribution in [3.63, 3.8) is 0 Å². The minimum absolute atomic E-state index is 0.0564. The Morgan fingerprint density at radius 1 is 0.970 bits per heavy atom. The molecule has 1 unspecified atom stereocenters. The zero-order valence-electron chi connectivity index (χ0n) is 17.9. The first-order valence-corrected chi connectivity index (χ1v) is 11.1. The van der Waals surface area contributed by atoms with Crippen LogP contribution < -0.4 is 10.2 Å². The Kier molecular flexibility index (Phi) is 5.39. The van der Waals surface area contributed by atoms with E-state index >= 15 is 0 Å². The lowest BCUT2D eigenvalue weighted by Gasteiger charge is -2.25. The van der Waals surface area contributed by atoms with Crippen LogP contribution in [0.1, 0.15) is 38.9 Å². The third-order valence-corrected chi connectivity index (χ3v) is 6.63. The molecular weight excluding hydrogens is 461 g/mol. The molecule has 1 aliphatic rings. The van der Waals surface area contributed by atoms with E-state index in [1.807, 2.05) is 37.3 Å². The maximum Gasteiger partial charge on any atom is 0.291 e. The zero-order chi connectivity index (χ0) is 23.3. The van der Waals surface area contributed by atoms with Gasteiger partial charge in [0.25, 0.3) is 5.91 Å². The van der Waals surface area contributed by atoms with E-state index in [2.05, 4.69) is 0 Å². The first-order chi connectivity index (χ1) is 15.9. The largest absolute Gasteiger partial charge is 0.497 e. The number of carbonyl (C=O) groups excluding carboxylic acids is 1. The second kappa shape index (κ2) is 8.25. The summed E-state index contributed by atoms with van der Waals surface area (Å²) in [5.41, 5.74) is 2.97. The van der Waals surface area contributed by atoms with Crippen LogP contribution in [0.15, 0.2) is 69.9 Å². The van der Waals surface area contributed by atoms with Crippen molar-refractivity contribution in [2.24, 2.45) is 0 Å². The van der Waals surface area contributed by atoms with E-state index in [0.717, 1.165) is 11.1 Å². The summed E-state index contributed by atoms with van der Waals surface area (Å²) in [6, 6.07) is 17.3. The van der Waals surface area contributed by atoms with Gasteiger partial charge in [-0.15, -0.1) is 0 Å². The quantitative estimate of drug-likeness (QED) is 0.351. The number of aryl methyl sites for hydroxylation is 1. The number of fused-ring (bicyclic) bond motifs is 2. The molecule has 0 N–H and O–H groups in total. The number of hydrogen-bond donors (Lipinski definition) is 0. The van der Waals surface area contributed by atoms with Gasteiger partial charge in [0.05, 0.1) is 34.1 Å². The van der Waals surface area contributed by atoms with Gasteiger partial charge in [-0.3, -0.25) is 9.59 Å². The number of carbonyl (C=O) groups is 1. The third kappa shape index (κ3) is 3.67. The van der Waals surface area contributed by atoms with Gasteiger partial charge >= 0.3 is 0 Å². The van der Waals surface area contributed by atoms with Crippen molar-refractivity contribution in [1.29, 1.82) is 0 Å². The van der Waals surface area contributed by atoms with E-state index in [1.165, 1.54) is 0 Å². The van der Waals surface area contributed by atoms with Crippen LogP contribution in [0.5, 0.6) is 5.75 Å². The summed E-state index contributed by atoms with van der Waals surface area (Å²) in [6.07, 6.45) is 0. The molecule has 0 spiro atoms. The highest BCUT2D eigenvalue weighted by molar-refractivity contribution is 6.42. The molecular formula is C26H19Cl2NO4. The molecule has 166 valence electrons. The summed E-state index contributed by atoms with van der Waals surface area (Å²) in [6.45, 7) is 2.18. The van der Waals surface area contributed by atoms with Crippen molar-refractivity contribution >= 4 is 40.1 Å². The predicted octanol–water partition coefficient (Wildman–Crippen LogP) is 6.16. The Morgan fingerprint density at radius 2 is 1.73 bits per heavy atom. The molecule has 0 radical (unpaired) electrons. The second-order valence-corrected chi connectivity index (χ2v) is 8.85. The molecule has 1 amide bonds. The molecule has 33 heavy (non-hydrogen) atoms. The highest BCUT2D eigenvalue weighted by Gasteiger charge is 2.42. The number of methoxy groups -OCH3 is 1. The summed E-state index contributed by atoms with van der Waals surface area (Å²) in [5, 5.41) is 1.19.